The third-order valence-electron chi connectivity index (χ3n) is 1.84. The number of phenolic OH excluding ortho intramolecular Hbond substituents is 1. The van der Waals surface area contributed by atoms with Gasteiger partial charge in [-0.2, -0.15) is 10.1 Å². The van der Waals surface area contributed by atoms with Crippen LogP contribution in [0.2, 0.25) is 5.02 Å². The molecule has 0 aliphatic rings. The van der Waals surface area contributed by atoms with Crippen molar-refractivity contribution in [1.82, 2.24) is 15.2 Å². The van der Waals surface area contributed by atoms with Crippen LogP contribution >= 0.6 is 11.6 Å². The first-order chi connectivity index (χ1) is 7.66. The number of carbonyl (C=O) groups excluding carboxylic acids is 1. The summed E-state index contributed by atoms with van der Waals surface area (Å²) >= 11 is 5.81. The average Bonchev–Trinajstić information content (AvgIpc) is 2.74. The van der Waals surface area contributed by atoms with Gasteiger partial charge in [0.25, 0.3) is 5.91 Å². The number of amides is 1. The highest BCUT2D eigenvalue weighted by atomic mass is 35.5. The van der Waals surface area contributed by atoms with Crippen LogP contribution in [-0.2, 0) is 0 Å². The van der Waals surface area contributed by atoms with Gasteiger partial charge in [-0.25, -0.2) is 5.10 Å². The molecule has 0 bridgehead atoms. The van der Waals surface area contributed by atoms with Crippen molar-refractivity contribution in [2.24, 2.45) is 0 Å². The molecule has 16 heavy (non-hydrogen) atoms. The lowest BCUT2D eigenvalue weighted by Crippen LogP contribution is -2.13. The number of anilines is 1. The molecule has 0 fully saturated rings. The first kappa shape index (κ1) is 10.4. The maximum atomic E-state index is 11.7. The molecule has 1 heterocycles. The lowest BCUT2D eigenvalue weighted by molar-refractivity contribution is 0.102. The molecule has 0 spiro atoms. The molecule has 0 saturated carbocycles. The molecule has 82 valence electrons. The summed E-state index contributed by atoms with van der Waals surface area (Å²) in [7, 11) is 0. The van der Waals surface area contributed by atoms with Gasteiger partial charge in [-0.3, -0.25) is 10.1 Å². The zero-order valence-corrected chi connectivity index (χ0v) is 8.69. The van der Waals surface area contributed by atoms with E-state index in [0.29, 0.717) is 0 Å². The van der Waals surface area contributed by atoms with Gasteiger partial charge < -0.3 is 5.11 Å². The molecule has 1 aromatic heterocycles. The summed E-state index contributed by atoms with van der Waals surface area (Å²) in [6.45, 7) is 0. The molecule has 0 saturated heterocycles. The van der Waals surface area contributed by atoms with Gasteiger partial charge in [0.05, 0.1) is 10.6 Å². The smallest absolute Gasteiger partial charge is 0.259 e. The average molecular weight is 239 g/mol. The first-order valence-electron chi connectivity index (χ1n) is 4.32. The van der Waals surface area contributed by atoms with Gasteiger partial charge in [-0.1, -0.05) is 11.6 Å². The molecule has 0 radical (unpaired) electrons. The van der Waals surface area contributed by atoms with Crippen molar-refractivity contribution < 1.29 is 9.90 Å². The van der Waals surface area contributed by atoms with Crippen LogP contribution in [0.15, 0.2) is 24.5 Å². The molecule has 6 nitrogen and oxygen atoms in total. The second-order valence-electron chi connectivity index (χ2n) is 2.95. The number of carbonyl (C=O) groups is 1. The van der Waals surface area contributed by atoms with Gasteiger partial charge in [0, 0.05) is 0 Å². The zero-order valence-electron chi connectivity index (χ0n) is 7.94. The van der Waals surface area contributed by atoms with Crippen molar-refractivity contribution in [3.8, 4) is 5.75 Å². The Hall–Kier alpha value is -2.08. The van der Waals surface area contributed by atoms with E-state index in [2.05, 4.69) is 20.5 Å². The Kier molecular flexibility index (Phi) is 2.74. The molecule has 7 heteroatoms. The lowest BCUT2D eigenvalue weighted by atomic mass is 10.2. The Morgan fingerprint density at radius 1 is 1.50 bits per heavy atom. The number of phenols is 1. The Balaban J connectivity index is 2.24. The van der Waals surface area contributed by atoms with E-state index >= 15 is 0 Å². The predicted molar refractivity (Wildman–Crippen MR) is 57.5 cm³/mol. The van der Waals surface area contributed by atoms with E-state index in [1.165, 1.54) is 24.5 Å². The molecular formula is C9H7ClN4O2. The molecule has 0 unspecified atom stereocenters. The Bertz CT molecular complexity index is 512. The van der Waals surface area contributed by atoms with Gasteiger partial charge in [0.2, 0.25) is 5.95 Å². The monoisotopic (exact) mass is 238 g/mol. The number of H-pyrrole nitrogens is 1. The first-order valence-corrected chi connectivity index (χ1v) is 4.70. The topological polar surface area (TPSA) is 90.9 Å². The van der Waals surface area contributed by atoms with Gasteiger partial charge >= 0.3 is 0 Å². The number of benzene rings is 1. The van der Waals surface area contributed by atoms with Crippen LogP contribution in [0.1, 0.15) is 10.4 Å². The number of nitrogens with zero attached hydrogens (tertiary/aromatic N) is 2. The largest absolute Gasteiger partial charge is 0.508 e. The second-order valence-corrected chi connectivity index (χ2v) is 3.36. The summed E-state index contributed by atoms with van der Waals surface area (Å²) in [6, 6.07) is 4.10. The summed E-state index contributed by atoms with van der Waals surface area (Å²) in [5.74, 6) is -0.297. The van der Waals surface area contributed by atoms with E-state index in [9.17, 15) is 9.90 Å². The fourth-order valence-corrected chi connectivity index (χ4v) is 1.33. The van der Waals surface area contributed by atoms with E-state index in [-0.39, 0.29) is 22.3 Å². The van der Waals surface area contributed by atoms with Gasteiger partial charge in [-0.15, -0.1) is 0 Å². The van der Waals surface area contributed by atoms with Crippen molar-refractivity contribution in [2.45, 2.75) is 0 Å². The summed E-state index contributed by atoms with van der Waals surface area (Å²) in [6.07, 6.45) is 1.26. The van der Waals surface area contributed by atoms with Crippen molar-refractivity contribution in [1.29, 1.82) is 0 Å². The van der Waals surface area contributed by atoms with E-state index in [0.717, 1.165) is 0 Å². The number of aromatic hydroxyl groups is 1. The standard InChI is InChI=1S/C9H7ClN4O2/c10-7-2-1-5(15)3-6(7)8(16)13-9-11-4-12-14-9/h1-4,15H,(H2,11,12,13,14,16). The molecular weight excluding hydrogens is 232 g/mol. The lowest BCUT2D eigenvalue weighted by Gasteiger charge is -2.04. The number of aromatic amines is 1. The fourth-order valence-electron chi connectivity index (χ4n) is 1.13. The summed E-state index contributed by atoms with van der Waals surface area (Å²) in [5.41, 5.74) is 0.165. The van der Waals surface area contributed by atoms with E-state index in [1.54, 1.807) is 0 Å². The number of rotatable bonds is 2. The van der Waals surface area contributed by atoms with Crippen LogP contribution in [0.4, 0.5) is 5.95 Å². The minimum atomic E-state index is -0.474. The predicted octanol–water partition coefficient (Wildman–Crippen LogP) is 1.42. The molecule has 2 aromatic rings. The highest BCUT2D eigenvalue weighted by molar-refractivity contribution is 6.34. The third-order valence-corrected chi connectivity index (χ3v) is 2.17. The number of hydrogen-bond acceptors (Lipinski definition) is 4. The molecule has 0 aliphatic carbocycles. The maximum absolute atomic E-state index is 11.7. The molecule has 0 aliphatic heterocycles. The molecule has 2 rings (SSSR count). The van der Waals surface area contributed by atoms with Gasteiger partial charge in [0.1, 0.15) is 12.1 Å². The van der Waals surface area contributed by atoms with Crippen molar-refractivity contribution in [3.63, 3.8) is 0 Å². The van der Waals surface area contributed by atoms with E-state index in [4.69, 9.17) is 11.6 Å². The fraction of sp³-hybridized carbons (Fsp3) is 0. The maximum Gasteiger partial charge on any atom is 0.259 e. The van der Waals surface area contributed by atoms with Crippen LogP contribution in [0.5, 0.6) is 5.75 Å². The van der Waals surface area contributed by atoms with Crippen LogP contribution in [0.3, 0.4) is 0 Å². The quantitative estimate of drug-likeness (QED) is 0.738. The van der Waals surface area contributed by atoms with Crippen LogP contribution in [-0.4, -0.2) is 26.2 Å². The number of hydrogen-bond donors (Lipinski definition) is 3. The van der Waals surface area contributed by atoms with E-state index < -0.39 is 5.91 Å². The minimum absolute atomic E-state index is 0.0351. The summed E-state index contributed by atoms with van der Waals surface area (Å²) in [5, 5.41) is 18.0. The normalized spacial score (nSPS) is 10.1. The second kappa shape index (κ2) is 4.19. The third kappa shape index (κ3) is 2.12. The number of aromatic nitrogens is 3. The number of nitrogens with one attached hydrogen (secondary N) is 2. The Morgan fingerprint density at radius 2 is 2.31 bits per heavy atom. The number of halogens is 1. The molecule has 0 atom stereocenters. The summed E-state index contributed by atoms with van der Waals surface area (Å²) < 4.78 is 0. The van der Waals surface area contributed by atoms with Gasteiger partial charge in [-0.05, 0) is 18.2 Å². The molecule has 1 aromatic carbocycles. The van der Waals surface area contributed by atoms with Gasteiger partial charge in [0.15, 0.2) is 0 Å². The summed E-state index contributed by atoms with van der Waals surface area (Å²) in [4.78, 5) is 15.4. The Labute approximate surface area is 95.3 Å². The molecule has 3 N–H and O–H groups in total. The van der Waals surface area contributed by atoms with Crippen LogP contribution < -0.4 is 5.32 Å². The van der Waals surface area contributed by atoms with Crippen molar-refractivity contribution >= 4 is 23.5 Å². The highest BCUT2D eigenvalue weighted by Crippen LogP contribution is 2.21. The van der Waals surface area contributed by atoms with Crippen molar-refractivity contribution in [3.05, 3.63) is 35.1 Å². The minimum Gasteiger partial charge on any atom is -0.508 e. The van der Waals surface area contributed by atoms with E-state index in [1.807, 2.05) is 0 Å². The highest BCUT2D eigenvalue weighted by Gasteiger charge is 2.12. The zero-order chi connectivity index (χ0) is 11.5. The Morgan fingerprint density at radius 3 is 3.00 bits per heavy atom. The van der Waals surface area contributed by atoms with Crippen molar-refractivity contribution in [2.75, 3.05) is 5.32 Å². The van der Waals surface area contributed by atoms with Crippen LogP contribution in [0.25, 0.3) is 0 Å². The molecule has 1 amide bonds. The SMILES string of the molecule is O=C(Nc1ncn[nH]1)c1cc(O)ccc1Cl. The van der Waals surface area contributed by atoms with Crippen LogP contribution in [0, 0.1) is 0 Å².